The highest BCUT2D eigenvalue weighted by atomic mass is 35.5. The SMILES string of the molecule is CCOc1ccc(N2C(N3CCCC3)=NC(N)=NC2Nc2ccc(Cl)cc2)cc1. The highest BCUT2D eigenvalue weighted by Gasteiger charge is 2.32. The Morgan fingerprint density at radius 3 is 2.45 bits per heavy atom. The predicted octanol–water partition coefficient (Wildman–Crippen LogP) is 3.72. The number of halogens is 1. The average molecular weight is 413 g/mol. The Labute approximate surface area is 175 Å². The van der Waals surface area contributed by atoms with Crippen molar-refractivity contribution in [2.24, 2.45) is 15.7 Å². The summed E-state index contributed by atoms with van der Waals surface area (Å²) in [6.07, 6.45) is 1.85. The van der Waals surface area contributed by atoms with Gasteiger partial charge in [0, 0.05) is 29.5 Å². The second-order valence-electron chi connectivity index (χ2n) is 6.92. The highest BCUT2D eigenvalue weighted by molar-refractivity contribution is 6.30. The average Bonchev–Trinajstić information content (AvgIpc) is 3.25. The monoisotopic (exact) mass is 412 g/mol. The van der Waals surface area contributed by atoms with Crippen LogP contribution in [0.5, 0.6) is 5.75 Å². The number of anilines is 2. The Balaban J connectivity index is 1.68. The molecule has 2 heterocycles. The number of rotatable bonds is 5. The highest BCUT2D eigenvalue weighted by Crippen LogP contribution is 2.27. The third kappa shape index (κ3) is 4.40. The lowest BCUT2D eigenvalue weighted by Gasteiger charge is -2.38. The first-order chi connectivity index (χ1) is 14.1. The van der Waals surface area contributed by atoms with Crippen LogP contribution in [-0.2, 0) is 0 Å². The molecule has 2 aromatic carbocycles. The van der Waals surface area contributed by atoms with Gasteiger partial charge >= 0.3 is 0 Å². The molecule has 3 N–H and O–H groups in total. The molecule has 8 heteroatoms. The minimum Gasteiger partial charge on any atom is -0.494 e. The first-order valence-electron chi connectivity index (χ1n) is 9.85. The van der Waals surface area contributed by atoms with Crippen molar-refractivity contribution in [2.45, 2.75) is 26.1 Å². The van der Waals surface area contributed by atoms with Gasteiger partial charge in [0.05, 0.1) is 6.61 Å². The number of aliphatic imine (C=N–C) groups is 2. The van der Waals surface area contributed by atoms with E-state index in [0.29, 0.717) is 11.6 Å². The fraction of sp³-hybridized carbons (Fsp3) is 0.333. The molecular formula is C21H25ClN6O. The van der Waals surface area contributed by atoms with Crippen LogP contribution >= 0.6 is 11.6 Å². The number of nitrogens with one attached hydrogen (secondary N) is 1. The van der Waals surface area contributed by atoms with Gasteiger partial charge in [0.1, 0.15) is 5.75 Å². The van der Waals surface area contributed by atoms with Gasteiger partial charge in [0.25, 0.3) is 0 Å². The fourth-order valence-corrected chi connectivity index (χ4v) is 3.66. The van der Waals surface area contributed by atoms with Crippen LogP contribution in [0.1, 0.15) is 19.8 Å². The van der Waals surface area contributed by atoms with Gasteiger partial charge in [-0.3, -0.25) is 4.90 Å². The molecule has 0 saturated carbocycles. The quantitative estimate of drug-likeness (QED) is 0.782. The molecule has 2 aliphatic heterocycles. The first kappa shape index (κ1) is 19.4. The van der Waals surface area contributed by atoms with Crippen molar-refractivity contribution < 1.29 is 4.74 Å². The summed E-state index contributed by atoms with van der Waals surface area (Å²) in [5.74, 6) is 1.91. The van der Waals surface area contributed by atoms with E-state index in [1.54, 1.807) is 0 Å². The third-order valence-electron chi connectivity index (χ3n) is 4.88. The summed E-state index contributed by atoms with van der Waals surface area (Å²) in [7, 11) is 0. The molecule has 0 spiro atoms. The Hall–Kier alpha value is -2.93. The van der Waals surface area contributed by atoms with Gasteiger partial charge in [-0.2, -0.15) is 4.99 Å². The lowest BCUT2D eigenvalue weighted by atomic mass is 10.2. The number of guanidine groups is 2. The second-order valence-corrected chi connectivity index (χ2v) is 7.35. The number of benzene rings is 2. The molecule has 29 heavy (non-hydrogen) atoms. The molecule has 1 saturated heterocycles. The van der Waals surface area contributed by atoms with E-state index in [9.17, 15) is 0 Å². The predicted molar refractivity (Wildman–Crippen MR) is 119 cm³/mol. The summed E-state index contributed by atoms with van der Waals surface area (Å²) in [5, 5.41) is 4.13. The molecule has 0 aromatic heterocycles. The molecular weight excluding hydrogens is 388 g/mol. The normalized spacial score (nSPS) is 19.0. The Kier molecular flexibility index (Phi) is 5.76. The summed E-state index contributed by atoms with van der Waals surface area (Å²) in [6, 6.07) is 15.5. The van der Waals surface area contributed by atoms with Crippen molar-refractivity contribution in [2.75, 3.05) is 29.9 Å². The van der Waals surface area contributed by atoms with Gasteiger partial charge in [-0.25, -0.2) is 4.99 Å². The van der Waals surface area contributed by atoms with Crippen molar-refractivity contribution in [1.29, 1.82) is 0 Å². The summed E-state index contributed by atoms with van der Waals surface area (Å²) in [6.45, 7) is 4.51. The van der Waals surface area contributed by atoms with Crippen LogP contribution in [-0.4, -0.2) is 42.8 Å². The van der Waals surface area contributed by atoms with Crippen LogP contribution < -0.4 is 20.7 Å². The lowest BCUT2D eigenvalue weighted by molar-refractivity contribution is 0.340. The number of hydrogen-bond donors (Lipinski definition) is 2. The van der Waals surface area contributed by atoms with Crippen LogP contribution in [0.15, 0.2) is 58.5 Å². The number of ether oxygens (including phenoxy) is 1. The maximum Gasteiger partial charge on any atom is 0.222 e. The van der Waals surface area contributed by atoms with E-state index in [1.807, 2.05) is 55.5 Å². The minimum atomic E-state index is -0.429. The molecule has 1 atom stereocenters. The summed E-state index contributed by atoms with van der Waals surface area (Å²) < 4.78 is 5.59. The van der Waals surface area contributed by atoms with Gasteiger partial charge in [0.2, 0.25) is 18.2 Å². The molecule has 0 radical (unpaired) electrons. The molecule has 1 fully saturated rings. The van der Waals surface area contributed by atoms with E-state index in [1.165, 1.54) is 0 Å². The molecule has 2 aromatic rings. The lowest BCUT2D eigenvalue weighted by Crippen LogP contribution is -2.54. The zero-order valence-electron chi connectivity index (χ0n) is 16.4. The zero-order chi connectivity index (χ0) is 20.2. The van der Waals surface area contributed by atoms with E-state index in [-0.39, 0.29) is 5.96 Å². The van der Waals surface area contributed by atoms with E-state index in [4.69, 9.17) is 22.1 Å². The number of nitrogens with zero attached hydrogens (tertiary/aromatic N) is 4. The molecule has 0 amide bonds. The van der Waals surface area contributed by atoms with E-state index >= 15 is 0 Å². The van der Waals surface area contributed by atoms with E-state index < -0.39 is 6.29 Å². The Bertz CT molecular complexity index is 890. The van der Waals surface area contributed by atoms with Crippen LogP contribution in [0.3, 0.4) is 0 Å². The molecule has 0 bridgehead atoms. The van der Waals surface area contributed by atoms with Crippen LogP contribution in [0, 0.1) is 0 Å². The zero-order valence-corrected chi connectivity index (χ0v) is 17.1. The molecule has 152 valence electrons. The van der Waals surface area contributed by atoms with Gasteiger partial charge in [-0.05, 0) is 68.3 Å². The number of likely N-dealkylation sites (tertiary alicyclic amines) is 1. The smallest absolute Gasteiger partial charge is 0.222 e. The number of nitrogens with two attached hydrogens (primary N) is 1. The van der Waals surface area contributed by atoms with Gasteiger partial charge in [0.15, 0.2) is 0 Å². The molecule has 2 aliphatic rings. The molecule has 4 rings (SSSR count). The van der Waals surface area contributed by atoms with Crippen molar-refractivity contribution in [3.8, 4) is 5.75 Å². The third-order valence-corrected chi connectivity index (χ3v) is 5.14. The Morgan fingerprint density at radius 1 is 1.10 bits per heavy atom. The van der Waals surface area contributed by atoms with Crippen LogP contribution in [0.4, 0.5) is 11.4 Å². The van der Waals surface area contributed by atoms with E-state index in [2.05, 4.69) is 25.1 Å². The first-order valence-corrected chi connectivity index (χ1v) is 10.2. The van der Waals surface area contributed by atoms with Crippen LogP contribution in [0.25, 0.3) is 0 Å². The molecule has 1 unspecified atom stereocenters. The largest absolute Gasteiger partial charge is 0.494 e. The fourth-order valence-electron chi connectivity index (χ4n) is 3.54. The Morgan fingerprint density at radius 2 is 1.79 bits per heavy atom. The van der Waals surface area contributed by atoms with Crippen molar-refractivity contribution in [3.63, 3.8) is 0 Å². The standard InChI is InChI=1S/C21H25ClN6O/c1-2-29-18-11-9-17(10-12-18)28-20(24-16-7-5-15(22)6-8-16)25-19(23)26-21(28)27-13-3-4-14-27/h5-12,20,24H,2-4,13-14H2,1H3,(H2,23,25). The van der Waals surface area contributed by atoms with E-state index in [0.717, 1.165) is 49.0 Å². The molecule has 7 nitrogen and oxygen atoms in total. The molecule has 0 aliphatic carbocycles. The maximum atomic E-state index is 6.09. The van der Waals surface area contributed by atoms with Crippen molar-refractivity contribution in [3.05, 3.63) is 53.6 Å². The van der Waals surface area contributed by atoms with Gasteiger partial charge in [-0.15, -0.1) is 0 Å². The van der Waals surface area contributed by atoms with Gasteiger partial charge < -0.3 is 20.7 Å². The summed E-state index contributed by atoms with van der Waals surface area (Å²) in [5.41, 5.74) is 7.95. The van der Waals surface area contributed by atoms with Crippen LogP contribution in [0.2, 0.25) is 5.02 Å². The van der Waals surface area contributed by atoms with Crippen molar-refractivity contribution in [1.82, 2.24) is 4.90 Å². The van der Waals surface area contributed by atoms with Crippen molar-refractivity contribution >= 4 is 34.9 Å². The van der Waals surface area contributed by atoms with Gasteiger partial charge in [-0.1, -0.05) is 11.6 Å². The summed E-state index contributed by atoms with van der Waals surface area (Å²) >= 11 is 6.03. The minimum absolute atomic E-state index is 0.264. The topological polar surface area (TPSA) is 78.5 Å². The maximum absolute atomic E-state index is 6.09. The second kappa shape index (κ2) is 8.61. The summed E-state index contributed by atoms with van der Waals surface area (Å²) in [4.78, 5) is 13.5. The number of hydrogen-bond acceptors (Lipinski definition) is 7.